The number of aromatic amines is 1. The minimum Gasteiger partial charge on any atom is -0.356 e. The molecule has 1 aliphatic heterocycles. The van der Waals surface area contributed by atoms with Crippen LogP contribution in [0.3, 0.4) is 0 Å². The number of halogens is 1. The zero-order valence-electron chi connectivity index (χ0n) is 15.1. The first-order valence-electron chi connectivity index (χ1n) is 9.07. The van der Waals surface area contributed by atoms with Gasteiger partial charge in [0.05, 0.1) is 0 Å². The van der Waals surface area contributed by atoms with Crippen molar-refractivity contribution in [3.63, 3.8) is 0 Å². The minimum atomic E-state index is -0.414. The first kappa shape index (κ1) is 17.4. The summed E-state index contributed by atoms with van der Waals surface area (Å²) in [6.07, 6.45) is 3.72. The van der Waals surface area contributed by atoms with Gasteiger partial charge in [0.25, 0.3) is 0 Å². The largest absolute Gasteiger partial charge is 0.356 e. The third kappa shape index (κ3) is 3.60. The van der Waals surface area contributed by atoms with Crippen molar-refractivity contribution in [3.8, 4) is 11.4 Å². The van der Waals surface area contributed by atoms with Crippen molar-refractivity contribution in [1.29, 1.82) is 0 Å². The number of fused-ring (bicyclic) bond motifs is 1. The van der Waals surface area contributed by atoms with Crippen LogP contribution in [-0.2, 0) is 4.79 Å². The standard InChI is InChI=1S/C19H21FN6O/c1-12(27)22-10-13-4-3-9-26(11-13)16-7-6-15(20)18(23-16)17-14-5-2-8-21-19(14)25-24-17/h2,5-8,13H,3-4,9-11H2,1H3,(H,22,27)(H,21,24,25). The number of pyridine rings is 2. The molecule has 0 aliphatic carbocycles. The Labute approximate surface area is 156 Å². The second kappa shape index (κ2) is 7.30. The van der Waals surface area contributed by atoms with Gasteiger partial charge in [-0.15, -0.1) is 0 Å². The summed E-state index contributed by atoms with van der Waals surface area (Å²) in [7, 11) is 0. The number of nitrogens with one attached hydrogen (secondary N) is 2. The molecule has 1 fully saturated rings. The molecule has 0 bridgehead atoms. The van der Waals surface area contributed by atoms with Crippen molar-refractivity contribution >= 4 is 22.8 Å². The smallest absolute Gasteiger partial charge is 0.216 e. The van der Waals surface area contributed by atoms with Gasteiger partial charge >= 0.3 is 0 Å². The molecule has 1 unspecified atom stereocenters. The van der Waals surface area contributed by atoms with Crippen LogP contribution in [-0.4, -0.2) is 45.7 Å². The van der Waals surface area contributed by atoms with Crippen molar-refractivity contribution in [2.75, 3.05) is 24.5 Å². The lowest BCUT2D eigenvalue weighted by Gasteiger charge is -2.33. The second-order valence-corrected chi connectivity index (χ2v) is 6.86. The number of rotatable bonds is 4. The Morgan fingerprint density at radius 1 is 1.37 bits per heavy atom. The number of hydrogen-bond acceptors (Lipinski definition) is 5. The first-order valence-corrected chi connectivity index (χ1v) is 9.07. The average Bonchev–Trinajstić information content (AvgIpc) is 3.11. The summed E-state index contributed by atoms with van der Waals surface area (Å²) in [5.74, 6) is 0.642. The number of H-pyrrole nitrogens is 1. The predicted molar refractivity (Wildman–Crippen MR) is 101 cm³/mol. The maximum absolute atomic E-state index is 14.5. The van der Waals surface area contributed by atoms with Gasteiger partial charge in [-0.1, -0.05) is 0 Å². The number of aromatic nitrogens is 4. The molecule has 1 amide bonds. The quantitative estimate of drug-likeness (QED) is 0.739. The van der Waals surface area contributed by atoms with E-state index in [0.29, 0.717) is 23.8 Å². The molecule has 0 radical (unpaired) electrons. The molecule has 1 atom stereocenters. The highest BCUT2D eigenvalue weighted by Gasteiger charge is 2.23. The summed E-state index contributed by atoms with van der Waals surface area (Å²) in [6.45, 7) is 3.81. The van der Waals surface area contributed by atoms with Crippen LogP contribution in [0.15, 0.2) is 30.5 Å². The molecule has 27 heavy (non-hydrogen) atoms. The molecule has 4 rings (SSSR count). The van der Waals surface area contributed by atoms with E-state index in [1.54, 1.807) is 18.3 Å². The highest BCUT2D eigenvalue weighted by atomic mass is 19.1. The van der Waals surface area contributed by atoms with Crippen molar-refractivity contribution in [1.82, 2.24) is 25.5 Å². The van der Waals surface area contributed by atoms with E-state index in [1.165, 1.54) is 13.0 Å². The van der Waals surface area contributed by atoms with E-state index < -0.39 is 5.82 Å². The molecular weight excluding hydrogens is 347 g/mol. The fourth-order valence-corrected chi connectivity index (χ4v) is 3.54. The third-order valence-corrected chi connectivity index (χ3v) is 4.87. The third-order valence-electron chi connectivity index (χ3n) is 4.87. The van der Waals surface area contributed by atoms with E-state index in [4.69, 9.17) is 0 Å². The summed E-state index contributed by atoms with van der Waals surface area (Å²) in [4.78, 5) is 22.1. The molecule has 3 aromatic heterocycles. The Hall–Kier alpha value is -3.03. The summed E-state index contributed by atoms with van der Waals surface area (Å²) >= 11 is 0. The van der Waals surface area contributed by atoms with E-state index >= 15 is 0 Å². The van der Waals surface area contributed by atoms with Crippen molar-refractivity contribution < 1.29 is 9.18 Å². The van der Waals surface area contributed by atoms with Gasteiger partial charge in [0.1, 0.15) is 17.2 Å². The molecular formula is C19H21FN6O. The van der Waals surface area contributed by atoms with E-state index in [0.717, 1.165) is 37.1 Å². The Morgan fingerprint density at radius 3 is 3.11 bits per heavy atom. The fraction of sp³-hybridized carbons (Fsp3) is 0.368. The van der Waals surface area contributed by atoms with Crippen LogP contribution in [0.2, 0.25) is 0 Å². The van der Waals surface area contributed by atoms with E-state index in [2.05, 4.69) is 30.4 Å². The number of carbonyl (C=O) groups is 1. The molecule has 4 heterocycles. The zero-order chi connectivity index (χ0) is 18.8. The van der Waals surface area contributed by atoms with Gasteiger partial charge in [-0.2, -0.15) is 5.10 Å². The highest BCUT2D eigenvalue weighted by Crippen LogP contribution is 2.29. The van der Waals surface area contributed by atoms with Gasteiger partial charge in [0, 0.05) is 38.1 Å². The van der Waals surface area contributed by atoms with Gasteiger partial charge < -0.3 is 10.2 Å². The van der Waals surface area contributed by atoms with Crippen LogP contribution in [0, 0.1) is 11.7 Å². The molecule has 1 saturated heterocycles. The van der Waals surface area contributed by atoms with Gasteiger partial charge in [-0.3, -0.25) is 9.89 Å². The fourth-order valence-electron chi connectivity index (χ4n) is 3.54. The van der Waals surface area contributed by atoms with Crippen molar-refractivity contribution in [2.24, 2.45) is 5.92 Å². The number of carbonyl (C=O) groups excluding carboxylic acids is 1. The van der Waals surface area contributed by atoms with Crippen LogP contribution < -0.4 is 10.2 Å². The van der Waals surface area contributed by atoms with Gasteiger partial charge in [0.15, 0.2) is 11.5 Å². The molecule has 0 aromatic carbocycles. The SMILES string of the molecule is CC(=O)NCC1CCCN(c2ccc(F)c(-c3n[nH]c4ncccc34)n2)C1. The summed E-state index contributed by atoms with van der Waals surface area (Å²) in [6, 6.07) is 6.78. The van der Waals surface area contributed by atoms with E-state index in [-0.39, 0.29) is 11.6 Å². The van der Waals surface area contributed by atoms with Crippen LogP contribution in [0.25, 0.3) is 22.4 Å². The molecule has 8 heteroatoms. The second-order valence-electron chi connectivity index (χ2n) is 6.86. The highest BCUT2D eigenvalue weighted by molar-refractivity contribution is 5.89. The Balaban J connectivity index is 1.61. The van der Waals surface area contributed by atoms with Crippen LogP contribution in [0.5, 0.6) is 0 Å². The molecule has 0 saturated carbocycles. The number of amides is 1. The predicted octanol–water partition coefficient (Wildman–Crippen LogP) is 2.51. The Bertz CT molecular complexity index is 972. The summed E-state index contributed by atoms with van der Waals surface area (Å²) in [5.41, 5.74) is 1.28. The molecule has 0 spiro atoms. The molecule has 2 N–H and O–H groups in total. The zero-order valence-corrected chi connectivity index (χ0v) is 15.1. The molecule has 140 valence electrons. The monoisotopic (exact) mass is 368 g/mol. The van der Waals surface area contributed by atoms with Gasteiger partial charge in [-0.25, -0.2) is 14.4 Å². The number of anilines is 1. The summed E-state index contributed by atoms with van der Waals surface area (Å²) in [5, 5.41) is 10.7. The van der Waals surface area contributed by atoms with Gasteiger partial charge in [0.2, 0.25) is 5.91 Å². The normalized spacial score (nSPS) is 17.3. The maximum Gasteiger partial charge on any atom is 0.216 e. The van der Waals surface area contributed by atoms with Crippen LogP contribution in [0.4, 0.5) is 10.2 Å². The lowest BCUT2D eigenvalue weighted by atomic mass is 9.98. The van der Waals surface area contributed by atoms with Crippen LogP contribution in [0.1, 0.15) is 19.8 Å². The van der Waals surface area contributed by atoms with E-state index in [9.17, 15) is 9.18 Å². The minimum absolute atomic E-state index is 0.0201. The van der Waals surface area contributed by atoms with Gasteiger partial charge in [-0.05, 0) is 43.0 Å². The van der Waals surface area contributed by atoms with Crippen LogP contribution >= 0.6 is 0 Å². The Morgan fingerprint density at radius 2 is 2.26 bits per heavy atom. The topological polar surface area (TPSA) is 86.8 Å². The Kier molecular flexibility index (Phi) is 4.70. The number of nitrogens with zero attached hydrogens (tertiary/aromatic N) is 4. The lowest BCUT2D eigenvalue weighted by molar-refractivity contribution is -0.119. The maximum atomic E-state index is 14.5. The number of piperidine rings is 1. The summed E-state index contributed by atoms with van der Waals surface area (Å²) < 4.78 is 14.5. The average molecular weight is 368 g/mol. The van der Waals surface area contributed by atoms with Crippen molar-refractivity contribution in [3.05, 3.63) is 36.3 Å². The molecule has 3 aromatic rings. The number of hydrogen-bond donors (Lipinski definition) is 2. The molecule has 7 nitrogen and oxygen atoms in total. The first-order chi connectivity index (χ1) is 13.1. The lowest BCUT2D eigenvalue weighted by Crippen LogP contribution is -2.41. The van der Waals surface area contributed by atoms with E-state index in [1.807, 2.05) is 6.07 Å². The van der Waals surface area contributed by atoms with Crippen molar-refractivity contribution in [2.45, 2.75) is 19.8 Å². The molecule has 1 aliphatic rings.